The predicted octanol–water partition coefficient (Wildman–Crippen LogP) is 4.09. The maximum absolute atomic E-state index is 11.0. The third-order valence-electron chi connectivity index (χ3n) is 3.34. The van der Waals surface area contributed by atoms with E-state index in [0.717, 1.165) is 24.3 Å². The van der Waals surface area contributed by atoms with E-state index >= 15 is 0 Å². The molecule has 112 valence electrons. The zero-order valence-corrected chi connectivity index (χ0v) is 12.8. The van der Waals surface area contributed by atoms with Gasteiger partial charge in [0.2, 0.25) is 0 Å². The number of rotatable bonds is 6. The molecule has 0 saturated heterocycles. The van der Waals surface area contributed by atoms with Gasteiger partial charge in [0.05, 0.1) is 4.92 Å². The van der Waals surface area contributed by atoms with E-state index in [0.29, 0.717) is 6.42 Å². The Morgan fingerprint density at radius 2 is 1.67 bits per heavy atom. The molecule has 4 nitrogen and oxygen atoms in total. The molecule has 0 aliphatic rings. The molecule has 0 heterocycles. The number of halogens is 1. The van der Waals surface area contributed by atoms with Gasteiger partial charge >= 0.3 is 0 Å². The maximum atomic E-state index is 11.0. The van der Waals surface area contributed by atoms with Crippen molar-refractivity contribution in [2.45, 2.75) is 13.3 Å². The molecule has 0 aliphatic carbocycles. The molecule has 2 aromatic carbocycles. The largest absolute Gasteiger partial charge is 0.371 e. The molecule has 0 unspecified atom stereocenters. The van der Waals surface area contributed by atoms with E-state index in [-0.39, 0.29) is 23.0 Å². The molecule has 21 heavy (non-hydrogen) atoms. The van der Waals surface area contributed by atoms with Crippen LogP contribution < -0.4 is 4.90 Å². The molecule has 0 saturated carbocycles. The lowest BCUT2D eigenvalue weighted by Crippen LogP contribution is -2.25. The second-order valence-electron chi connectivity index (χ2n) is 4.55. The van der Waals surface area contributed by atoms with Crippen LogP contribution in [-0.4, -0.2) is 18.0 Å². The lowest BCUT2D eigenvalue weighted by atomic mass is 10.1. The molecule has 0 atom stereocenters. The van der Waals surface area contributed by atoms with E-state index in [9.17, 15) is 10.1 Å². The summed E-state index contributed by atoms with van der Waals surface area (Å²) < 4.78 is 0. The fourth-order valence-corrected chi connectivity index (χ4v) is 2.26. The van der Waals surface area contributed by atoms with Crippen molar-refractivity contribution in [2.75, 3.05) is 18.0 Å². The maximum Gasteiger partial charge on any atom is 0.272 e. The molecule has 2 aromatic rings. The first-order chi connectivity index (χ1) is 9.72. The van der Waals surface area contributed by atoms with E-state index < -0.39 is 0 Å². The highest BCUT2D eigenvalue weighted by atomic mass is 35.5. The van der Waals surface area contributed by atoms with Crippen LogP contribution in [0, 0.1) is 10.1 Å². The first-order valence-corrected chi connectivity index (χ1v) is 6.74. The molecule has 0 N–H and O–H groups in total. The van der Waals surface area contributed by atoms with Crippen molar-refractivity contribution in [3.63, 3.8) is 0 Å². The normalized spacial score (nSPS) is 9.76. The van der Waals surface area contributed by atoms with E-state index in [1.165, 1.54) is 0 Å². The molecule has 5 heteroatoms. The molecular weight excluding hydrogens is 288 g/mol. The first-order valence-electron chi connectivity index (χ1n) is 6.74. The van der Waals surface area contributed by atoms with Gasteiger partial charge < -0.3 is 4.90 Å². The van der Waals surface area contributed by atoms with Gasteiger partial charge in [-0.15, -0.1) is 12.4 Å². The highest BCUT2D eigenvalue weighted by molar-refractivity contribution is 5.85. The van der Waals surface area contributed by atoms with Crippen molar-refractivity contribution in [1.29, 1.82) is 0 Å². The van der Waals surface area contributed by atoms with Crippen LogP contribution in [0.3, 0.4) is 0 Å². The fraction of sp³-hybridized carbons (Fsp3) is 0.250. The second kappa shape index (κ2) is 8.27. The summed E-state index contributed by atoms with van der Waals surface area (Å²) in [5.41, 5.74) is 2.14. The first kappa shape index (κ1) is 17.0. The van der Waals surface area contributed by atoms with E-state index in [2.05, 4.69) is 24.0 Å². The second-order valence-corrected chi connectivity index (χ2v) is 4.55. The Hall–Kier alpha value is -2.07. The molecule has 0 radical (unpaired) electrons. The summed E-state index contributed by atoms with van der Waals surface area (Å²) >= 11 is 0. The Morgan fingerprint density at radius 1 is 1.05 bits per heavy atom. The van der Waals surface area contributed by atoms with Gasteiger partial charge in [0, 0.05) is 30.4 Å². The average Bonchev–Trinajstić information content (AvgIpc) is 2.49. The van der Waals surface area contributed by atoms with Crippen LogP contribution in [0.15, 0.2) is 54.6 Å². The quantitative estimate of drug-likeness (QED) is 0.596. The fourth-order valence-electron chi connectivity index (χ4n) is 2.26. The molecule has 2 rings (SSSR count). The molecule has 0 bridgehead atoms. The minimum absolute atomic E-state index is 0. The zero-order chi connectivity index (χ0) is 14.4. The number of nitro groups is 1. The van der Waals surface area contributed by atoms with E-state index in [4.69, 9.17) is 0 Å². The Morgan fingerprint density at radius 3 is 2.29 bits per heavy atom. The van der Waals surface area contributed by atoms with Gasteiger partial charge in [-0.05, 0) is 25.5 Å². The molecule has 0 aromatic heterocycles. The summed E-state index contributed by atoms with van der Waals surface area (Å²) in [6.07, 6.45) is 0.667. The zero-order valence-electron chi connectivity index (χ0n) is 11.9. The Bertz CT molecular complexity index is 575. The van der Waals surface area contributed by atoms with Gasteiger partial charge in [-0.3, -0.25) is 10.1 Å². The van der Waals surface area contributed by atoms with Crippen LogP contribution in [0.4, 0.5) is 11.4 Å². The van der Waals surface area contributed by atoms with Gasteiger partial charge in [-0.2, -0.15) is 0 Å². The summed E-state index contributed by atoms with van der Waals surface area (Å²) in [6, 6.07) is 17.1. The number of anilines is 1. The van der Waals surface area contributed by atoms with Crippen molar-refractivity contribution in [1.82, 2.24) is 0 Å². The third kappa shape index (κ3) is 4.46. The van der Waals surface area contributed by atoms with Crippen LogP contribution in [0.25, 0.3) is 0 Å². The number of likely N-dealkylation sites (N-methyl/N-ethyl adjacent to an activating group) is 1. The lowest BCUT2D eigenvalue weighted by molar-refractivity contribution is -0.385. The minimum atomic E-state index is -0.311. The van der Waals surface area contributed by atoms with Crippen LogP contribution in [-0.2, 0) is 6.42 Å². The summed E-state index contributed by atoms with van der Waals surface area (Å²) in [5.74, 6) is 0. The SMILES string of the molecule is CCN(CCc1ccccc1[N+](=O)[O-])c1ccccc1.Cl. The Balaban J connectivity index is 0.00000220. The summed E-state index contributed by atoms with van der Waals surface area (Å²) in [6.45, 7) is 3.74. The molecule has 0 spiro atoms. The Kier molecular flexibility index (Phi) is 6.69. The van der Waals surface area contributed by atoms with Gasteiger partial charge in [-0.1, -0.05) is 36.4 Å². The van der Waals surface area contributed by atoms with E-state index in [1.54, 1.807) is 12.1 Å². The van der Waals surface area contributed by atoms with Gasteiger partial charge in [0.15, 0.2) is 0 Å². The van der Waals surface area contributed by atoms with Crippen LogP contribution in [0.2, 0.25) is 0 Å². The van der Waals surface area contributed by atoms with Crippen molar-refractivity contribution >= 4 is 23.8 Å². The Labute approximate surface area is 131 Å². The van der Waals surface area contributed by atoms with Crippen molar-refractivity contribution in [3.05, 3.63) is 70.3 Å². The van der Waals surface area contributed by atoms with Crippen molar-refractivity contribution in [3.8, 4) is 0 Å². The standard InChI is InChI=1S/C16H18N2O2.ClH/c1-2-17(15-9-4-3-5-10-15)13-12-14-8-6-7-11-16(14)18(19)20;/h3-11H,2,12-13H2,1H3;1H. The monoisotopic (exact) mass is 306 g/mol. The number of hydrogen-bond acceptors (Lipinski definition) is 3. The highest BCUT2D eigenvalue weighted by Crippen LogP contribution is 2.20. The number of nitrogens with zero attached hydrogens (tertiary/aromatic N) is 2. The summed E-state index contributed by atoms with van der Waals surface area (Å²) in [7, 11) is 0. The average molecular weight is 307 g/mol. The molecule has 0 amide bonds. The van der Waals surface area contributed by atoms with Crippen LogP contribution in [0.1, 0.15) is 12.5 Å². The molecular formula is C16H19ClN2O2. The van der Waals surface area contributed by atoms with E-state index in [1.807, 2.05) is 30.3 Å². The van der Waals surface area contributed by atoms with Crippen LogP contribution in [0.5, 0.6) is 0 Å². The number of para-hydroxylation sites is 2. The number of nitro benzene ring substituents is 1. The van der Waals surface area contributed by atoms with Crippen molar-refractivity contribution < 1.29 is 4.92 Å². The predicted molar refractivity (Wildman–Crippen MR) is 88.4 cm³/mol. The smallest absolute Gasteiger partial charge is 0.272 e. The topological polar surface area (TPSA) is 46.4 Å². The van der Waals surface area contributed by atoms with Crippen molar-refractivity contribution in [2.24, 2.45) is 0 Å². The van der Waals surface area contributed by atoms with Gasteiger partial charge in [0.25, 0.3) is 5.69 Å². The van der Waals surface area contributed by atoms with Gasteiger partial charge in [-0.25, -0.2) is 0 Å². The third-order valence-corrected chi connectivity index (χ3v) is 3.34. The number of benzene rings is 2. The highest BCUT2D eigenvalue weighted by Gasteiger charge is 2.13. The summed E-state index contributed by atoms with van der Waals surface area (Å²) in [5, 5.41) is 11.0. The molecule has 0 aliphatic heterocycles. The summed E-state index contributed by atoms with van der Waals surface area (Å²) in [4.78, 5) is 12.9. The lowest BCUT2D eigenvalue weighted by Gasteiger charge is -2.23. The number of hydrogen-bond donors (Lipinski definition) is 0. The van der Waals surface area contributed by atoms with Gasteiger partial charge in [0.1, 0.15) is 0 Å². The van der Waals surface area contributed by atoms with Crippen LogP contribution >= 0.6 is 12.4 Å². The minimum Gasteiger partial charge on any atom is -0.371 e. The molecule has 0 fully saturated rings.